The van der Waals surface area contributed by atoms with Crippen molar-refractivity contribution < 1.29 is 22.8 Å². The molecule has 0 spiro atoms. The average Bonchev–Trinajstić information content (AvgIpc) is 2.81. The molecule has 2 aromatic carbocycles. The summed E-state index contributed by atoms with van der Waals surface area (Å²) in [6, 6.07) is 10.2. The quantitative estimate of drug-likeness (QED) is 0.562. The molecule has 1 saturated heterocycles. The van der Waals surface area contributed by atoms with Gasteiger partial charge < -0.3 is 15.4 Å². The van der Waals surface area contributed by atoms with E-state index in [2.05, 4.69) is 10.6 Å². The lowest BCUT2D eigenvalue weighted by Gasteiger charge is -2.34. The van der Waals surface area contributed by atoms with E-state index in [-0.39, 0.29) is 30.4 Å². The van der Waals surface area contributed by atoms with Gasteiger partial charge in [0.15, 0.2) is 0 Å². The summed E-state index contributed by atoms with van der Waals surface area (Å²) in [7, 11) is -3.99. The minimum atomic E-state index is -3.99. The fraction of sp³-hybridized carbons (Fsp3) is 0.375. The molecule has 34 heavy (non-hydrogen) atoms. The smallest absolute Gasteiger partial charge is 0.243 e. The van der Waals surface area contributed by atoms with Crippen molar-refractivity contribution in [2.45, 2.75) is 49.1 Å². The van der Waals surface area contributed by atoms with Crippen molar-refractivity contribution in [3.63, 3.8) is 0 Å². The van der Waals surface area contributed by atoms with Gasteiger partial charge in [0.2, 0.25) is 21.8 Å². The zero-order valence-corrected chi connectivity index (χ0v) is 20.1. The number of carbonyl (C=O) groups excluding carboxylic acids is 3. The largest absolute Gasteiger partial charge is 0.353 e. The fourth-order valence-corrected chi connectivity index (χ4v) is 6.30. The number of aldehydes is 1. The third-order valence-corrected chi connectivity index (χ3v) is 8.43. The third-order valence-electron chi connectivity index (χ3n) is 6.26. The van der Waals surface area contributed by atoms with Gasteiger partial charge >= 0.3 is 0 Å². The fourth-order valence-electron chi connectivity index (χ4n) is 4.59. The van der Waals surface area contributed by atoms with Gasteiger partial charge in [-0.05, 0) is 60.2 Å². The number of halogens is 1. The molecule has 2 aromatic rings. The molecule has 8 nitrogen and oxygen atoms in total. The molecule has 1 fully saturated rings. The molecule has 180 valence electrons. The van der Waals surface area contributed by atoms with E-state index in [4.69, 9.17) is 11.6 Å². The number of amides is 2. The first-order valence-corrected chi connectivity index (χ1v) is 13.0. The predicted molar refractivity (Wildman–Crippen MR) is 127 cm³/mol. The van der Waals surface area contributed by atoms with Crippen LogP contribution in [0.15, 0.2) is 47.4 Å². The summed E-state index contributed by atoms with van der Waals surface area (Å²) in [6.45, 7) is 0.239. The maximum absolute atomic E-state index is 13.2. The van der Waals surface area contributed by atoms with Crippen LogP contribution in [0.25, 0.3) is 0 Å². The molecule has 2 unspecified atom stereocenters. The van der Waals surface area contributed by atoms with Crippen molar-refractivity contribution in [3.05, 3.63) is 64.2 Å². The predicted octanol–water partition coefficient (Wildman–Crippen LogP) is 2.15. The summed E-state index contributed by atoms with van der Waals surface area (Å²) in [5.74, 6) is -0.894. The van der Waals surface area contributed by atoms with Gasteiger partial charge in [0.1, 0.15) is 12.3 Å². The molecule has 0 bridgehead atoms. The van der Waals surface area contributed by atoms with Crippen LogP contribution in [0.1, 0.15) is 42.0 Å². The molecule has 4 rings (SSSR count). The molecule has 10 heteroatoms. The van der Waals surface area contributed by atoms with Crippen LogP contribution in [0.5, 0.6) is 0 Å². The number of fused-ring (bicyclic) bond motifs is 1. The zero-order chi connectivity index (χ0) is 24.3. The van der Waals surface area contributed by atoms with Crippen molar-refractivity contribution in [1.29, 1.82) is 0 Å². The SMILES string of the molecule is O=CCc1ccc2c(c1)CCCC2NC(=O)CC1C(=O)NCCN1S(=O)(=O)c1ccc(Cl)cc1. The molecular weight excluding hydrogens is 478 g/mol. The van der Waals surface area contributed by atoms with E-state index in [1.165, 1.54) is 24.3 Å². The summed E-state index contributed by atoms with van der Waals surface area (Å²) in [4.78, 5) is 36.4. The van der Waals surface area contributed by atoms with Crippen molar-refractivity contribution in [1.82, 2.24) is 14.9 Å². The molecule has 1 aliphatic carbocycles. The topological polar surface area (TPSA) is 113 Å². The van der Waals surface area contributed by atoms with Gasteiger partial charge in [-0.3, -0.25) is 9.59 Å². The number of sulfonamides is 1. The molecule has 0 radical (unpaired) electrons. The van der Waals surface area contributed by atoms with Crippen LogP contribution in [0, 0.1) is 0 Å². The molecule has 0 saturated carbocycles. The van der Waals surface area contributed by atoms with E-state index in [9.17, 15) is 22.8 Å². The summed E-state index contributed by atoms with van der Waals surface area (Å²) < 4.78 is 27.5. The van der Waals surface area contributed by atoms with Crippen molar-refractivity contribution in [2.24, 2.45) is 0 Å². The minimum absolute atomic E-state index is 0.0179. The third kappa shape index (κ3) is 5.16. The second-order valence-corrected chi connectivity index (χ2v) is 10.8. The number of piperazine rings is 1. The molecule has 0 aromatic heterocycles. The van der Waals surface area contributed by atoms with E-state index in [1.807, 2.05) is 18.2 Å². The Morgan fingerprint density at radius 3 is 2.71 bits per heavy atom. The Balaban J connectivity index is 1.51. The lowest BCUT2D eigenvalue weighted by molar-refractivity contribution is -0.132. The van der Waals surface area contributed by atoms with Crippen LogP contribution in [-0.2, 0) is 37.2 Å². The van der Waals surface area contributed by atoms with E-state index in [0.717, 1.165) is 46.5 Å². The molecule has 2 atom stereocenters. The first-order valence-electron chi connectivity index (χ1n) is 11.2. The molecule has 2 N–H and O–H groups in total. The van der Waals surface area contributed by atoms with E-state index < -0.39 is 27.9 Å². The molecule has 2 aliphatic rings. The van der Waals surface area contributed by atoms with Crippen LogP contribution >= 0.6 is 11.6 Å². The van der Waals surface area contributed by atoms with Gasteiger partial charge in [0, 0.05) is 24.5 Å². The van der Waals surface area contributed by atoms with E-state index in [0.29, 0.717) is 11.4 Å². The molecule has 1 heterocycles. The minimum Gasteiger partial charge on any atom is -0.353 e. The number of rotatable bonds is 7. The summed E-state index contributed by atoms with van der Waals surface area (Å²) in [5.41, 5.74) is 3.02. The highest BCUT2D eigenvalue weighted by molar-refractivity contribution is 7.89. The van der Waals surface area contributed by atoms with Gasteiger partial charge in [0.05, 0.1) is 17.4 Å². The van der Waals surface area contributed by atoms with Crippen molar-refractivity contribution in [2.75, 3.05) is 13.1 Å². The number of nitrogens with one attached hydrogen (secondary N) is 2. The molecular formula is C24H26ClN3O5S. The molecule has 1 aliphatic heterocycles. The normalized spacial score (nSPS) is 20.8. The second kappa shape index (κ2) is 10.2. The summed E-state index contributed by atoms with van der Waals surface area (Å²) >= 11 is 5.88. The second-order valence-electron chi connectivity index (χ2n) is 8.50. The first-order chi connectivity index (χ1) is 16.3. The van der Waals surface area contributed by atoms with Crippen LogP contribution in [0.4, 0.5) is 0 Å². The number of carbonyl (C=O) groups is 3. The van der Waals surface area contributed by atoms with Gasteiger partial charge in [-0.1, -0.05) is 29.8 Å². The Morgan fingerprint density at radius 2 is 1.97 bits per heavy atom. The Kier molecular flexibility index (Phi) is 7.35. The highest BCUT2D eigenvalue weighted by atomic mass is 35.5. The Bertz CT molecular complexity index is 1200. The number of hydrogen-bond donors (Lipinski definition) is 2. The van der Waals surface area contributed by atoms with Crippen LogP contribution in [-0.4, -0.2) is 50.0 Å². The highest BCUT2D eigenvalue weighted by Crippen LogP contribution is 2.31. The molecule has 2 amide bonds. The first kappa shape index (κ1) is 24.4. The van der Waals surface area contributed by atoms with Crippen LogP contribution in [0.3, 0.4) is 0 Å². The Labute approximate surface area is 203 Å². The standard InChI is InChI=1S/C24H26ClN3O5S/c25-18-5-7-19(8-6-18)34(32,33)28-12-11-26-24(31)22(28)15-23(30)27-21-3-1-2-17-14-16(10-13-29)4-9-20(17)21/h4-9,13-14,21-22H,1-3,10-12,15H2,(H,26,31)(H,27,30). The van der Waals surface area contributed by atoms with E-state index >= 15 is 0 Å². The number of aryl methyl sites for hydroxylation is 1. The summed E-state index contributed by atoms with van der Waals surface area (Å²) in [5, 5.41) is 6.05. The Hall–Kier alpha value is -2.75. The number of benzene rings is 2. The lowest BCUT2D eigenvalue weighted by atomic mass is 9.86. The van der Waals surface area contributed by atoms with Crippen molar-refractivity contribution in [3.8, 4) is 0 Å². The van der Waals surface area contributed by atoms with Gasteiger partial charge in [-0.15, -0.1) is 0 Å². The monoisotopic (exact) mass is 503 g/mol. The Morgan fingerprint density at radius 1 is 1.21 bits per heavy atom. The van der Waals surface area contributed by atoms with E-state index in [1.54, 1.807) is 0 Å². The lowest BCUT2D eigenvalue weighted by Crippen LogP contribution is -2.58. The van der Waals surface area contributed by atoms with Gasteiger partial charge in [-0.25, -0.2) is 8.42 Å². The van der Waals surface area contributed by atoms with Crippen molar-refractivity contribution >= 4 is 39.7 Å². The summed E-state index contributed by atoms with van der Waals surface area (Å²) in [6.07, 6.45) is 3.42. The highest BCUT2D eigenvalue weighted by Gasteiger charge is 2.40. The average molecular weight is 504 g/mol. The maximum atomic E-state index is 13.2. The van der Waals surface area contributed by atoms with Crippen LogP contribution in [0.2, 0.25) is 5.02 Å². The van der Waals surface area contributed by atoms with Crippen LogP contribution < -0.4 is 10.6 Å². The van der Waals surface area contributed by atoms with Gasteiger partial charge in [-0.2, -0.15) is 4.31 Å². The van der Waals surface area contributed by atoms with Gasteiger partial charge in [0.25, 0.3) is 0 Å². The maximum Gasteiger partial charge on any atom is 0.243 e. The number of nitrogens with zero attached hydrogens (tertiary/aromatic N) is 1. The zero-order valence-electron chi connectivity index (χ0n) is 18.5. The number of hydrogen-bond acceptors (Lipinski definition) is 5.